The van der Waals surface area contributed by atoms with E-state index in [-0.39, 0.29) is 91.9 Å². The lowest BCUT2D eigenvalue weighted by Crippen LogP contribution is -2.44. The predicted octanol–water partition coefficient (Wildman–Crippen LogP) is 10.9. The van der Waals surface area contributed by atoms with Crippen LogP contribution in [0.4, 0.5) is 22.8 Å². The summed E-state index contributed by atoms with van der Waals surface area (Å²) in [5.41, 5.74) is 6.50. The van der Waals surface area contributed by atoms with Crippen LogP contribution in [0.25, 0.3) is 0 Å². The number of hydrogen-bond acceptors (Lipinski definition) is 8. The topological polar surface area (TPSA) is 129 Å². The molecule has 0 saturated heterocycles. The molecule has 4 heterocycles. The highest BCUT2D eigenvalue weighted by molar-refractivity contribution is 5.69. The van der Waals surface area contributed by atoms with Gasteiger partial charge in [-0.2, -0.15) is 13.2 Å². The summed E-state index contributed by atoms with van der Waals surface area (Å²) in [5, 5.41) is 0. The molecule has 3 saturated carbocycles. The molecule has 0 bridgehead atoms. The number of benzene rings is 3. The van der Waals surface area contributed by atoms with Crippen LogP contribution >= 0.6 is 0 Å². The summed E-state index contributed by atoms with van der Waals surface area (Å²) in [6.07, 6.45) is 0.530. The zero-order valence-electron chi connectivity index (χ0n) is 41.7. The maximum atomic E-state index is 14.6. The molecule has 380 valence electrons. The van der Waals surface area contributed by atoms with Gasteiger partial charge < -0.3 is 19.3 Å². The Kier molecular flexibility index (Phi) is 13.7. The molecule has 2 amide bonds. The minimum Gasteiger partial charge on any atom is -0.446 e. The summed E-state index contributed by atoms with van der Waals surface area (Å²) in [6, 6.07) is 27.9. The number of halogens is 3. The monoisotopic (exact) mass is 986 g/mol. The van der Waals surface area contributed by atoms with Crippen molar-refractivity contribution in [3.8, 4) is 0 Å². The Labute approximate surface area is 418 Å². The van der Waals surface area contributed by atoms with Gasteiger partial charge in [-0.25, -0.2) is 19.6 Å². The Bertz CT molecular complexity index is 2900. The van der Waals surface area contributed by atoms with E-state index in [2.05, 4.69) is 50.2 Å². The van der Waals surface area contributed by atoms with Crippen LogP contribution in [0.1, 0.15) is 152 Å². The fourth-order valence-electron chi connectivity index (χ4n) is 12.2. The maximum Gasteiger partial charge on any atom is 0.410 e. The van der Waals surface area contributed by atoms with E-state index in [1.165, 1.54) is 10.5 Å². The van der Waals surface area contributed by atoms with E-state index in [9.17, 15) is 32.3 Å². The lowest BCUT2D eigenvalue weighted by Gasteiger charge is -2.42. The van der Waals surface area contributed by atoms with Crippen LogP contribution in [0.3, 0.4) is 0 Å². The van der Waals surface area contributed by atoms with Crippen molar-refractivity contribution in [3.05, 3.63) is 162 Å². The lowest BCUT2D eigenvalue weighted by molar-refractivity contribution is -0.186. The molecular formula is C57H65F3N6O6. The highest BCUT2D eigenvalue weighted by Crippen LogP contribution is 2.49. The molecule has 0 N–H and O–H groups in total. The third kappa shape index (κ3) is 10.1. The fourth-order valence-corrected chi connectivity index (χ4v) is 12.2. The zero-order valence-corrected chi connectivity index (χ0v) is 41.7. The largest absolute Gasteiger partial charge is 0.446 e. The van der Waals surface area contributed by atoms with Crippen LogP contribution in [0.5, 0.6) is 0 Å². The van der Waals surface area contributed by atoms with Gasteiger partial charge in [-0.3, -0.25) is 18.7 Å². The molecule has 2 atom stereocenters. The number of alkyl halides is 3. The van der Waals surface area contributed by atoms with Gasteiger partial charge in [0, 0.05) is 24.2 Å². The molecule has 5 aromatic rings. The molecule has 2 unspecified atom stereocenters. The molecule has 5 aliphatic rings. The second-order valence-corrected chi connectivity index (χ2v) is 21.8. The van der Waals surface area contributed by atoms with Gasteiger partial charge in [-0.05, 0) is 130 Å². The number of carbonyl (C=O) groups excluding carboxylic acids is 2. The van der Waals surface area contributed by atoms with E-state index in [1.807, 2.05) is 66.9 Å². The average Bonchev–Trinajstić information content (AvgIpc) is 3.35. The smallest absolute Gasteiger partial charge is 0.410 e. The number of fused-ring (bicyclic) bond motifs is 2. The van der Waals surface area contributed by atoms with Crippen molar-refractivity contribution in [3.63, 3.8) is 0 Å². The highest BCUT2D eigenvalue weighted by atomic mass is 19.4. The molecule has 3 aromatic carbocycles. The van der Waals surface area contributed by atoms with E-state index in [0.29, 0.717) is 53.5 Å². The Morgan fingerprint density at radius 3 is 1.64 bits per heavy atom. The van der Waals surface area contributed by atoms with Crippen molar-refractivity contribution in [1.29, 1.82) is 0 Å². The number of aryl methyl sites for hydroxylation is 2. The van der Waals surface area contributed by atoms with Gasteiger partial charge in [0.2, 0.25) is 0 Å². The van der Waals surface area contributed by atoms with Crippen LogP contribution in [0.15, 0.2) is 94.5 Å². The number of nitrogens with zero attached hydrogens (tertiary/aromatic N) is 6. The minimum absolute atomic E-state index is 0.0590. The van der Waals surface area contributed by atoms with Crippen LogP contribution in [-0.4, -0.2) is 72.6 Å². The van der Waals surface area contributed by atoms with Gasteiger partial charge in [0.25, 0.3) is 11.1 Å². The lowest BCUT2D eigenvalue weighted by atomic mass is 9.66. The summed E-state index contributed by atoms with van der Waals surface area (Å²) in [5.74, 6) is 0.130. The third-order valence-electron chi connectivity index (χ3n) is 16.5. The molecule has 3 aliphatic carbocycles. The highest BCUT2D eigenvalue weighted by Gasteiger charge is 2.43. The van der Waals surface area contributed by atoms with E-state index < -0.39 is 30.3 Å². The summed E-state index contributed by atoms with van der Waals surface area (Å²) in [6.45, 7) is 9.18. The van der Waals surface area contributed by atoms with Gasteiger partial charge in [-0.1, -0.05) is 98.8 Å². The van der Waals surface area contributed by atoms with Crippen LogP contribution in [-0.2, 0) is 35.4 Å². The van der Waals surface area contributed by atoms with Crippen LogP contribution < -0.4 is 11.1 Å². The average molecular weight is 987 g/mol. The Morgan fingerprint density at radius 1 is 0.639 bits per heavy atom. The molecular weight excluding hydrogens is 922 g/mol. The minimum atomic E-state index is -4.24. The van der Waals surface area contributed by atoms with Gasteiger partial charge in [-0.15, -0.1) is 0 Å². The Morgan fingerprint density at radius 2 is 1.11 bits per heavy atom. The van der Waals surface area contributed by atoms with Gasteiger partial charge >= 0.3 is 18.4 Å². The third-order valence-corrected chi connectivity index (χ3v) is 16.5. The molecule has 2 aromatic heterocycles. The van der Waals surface area contributed by atoms with E-state index in [1.54, 1.807) is 9.47 Å². The van der Waals surface area contributed by atoms with E-state index in [0.717, 1.165) is 55.2 Å². The summed E-state index contributed by atoms with van der Waals surface area (Å²) in [4.78, 5) is 68.9. The number of carbonyl (C=O) groups is 2. The van der Waals surface area contributed by atoms with E-state index >= 15 is 0 Å². The van der Waals surface area contributed by atoms with Gasteiger partial charge in [0.05, 0.1) is 42.5 Å². The molecule has 0 spiro atoms. The fraction of sp³-hybridized carbons (Fsp3) is 0.509. The molecule has 72 heavy (non-hydrogen) atoms. The standard InChI is InChI=1S/C57H65F3N6O6/c1-35-61-48-34-64(55(70)72-45-23-27-56(3,4)28-24-45)30-25-46(48)52(67)65(35)50(38-11-7-5-8-12-38)40-17-15-37(16-18-40)41-31-42(32-41)51(39-13-9-6-10-14-39)66-36(2)62-49-33-63(29-26-47(49)53(66)68)54(69)71-44-21-19-43(20-22-44)57(58,59)60/h5-18,41-45,50-51H,19-34H2,1-4H3. The molecule has 2 aliphatic heterocycles. The van der Waals surface area contributed by atoms with Crippen molar-refractivity contribution in [2.45, 2.75) is 154 Å². The predicted molar refractivity (Wildman–Crippen MR) is 266 cm³/mol. The number of rotatable bonds is 9. The zero-order chi connectivity index (χ0) is 50.5. The summed E-state index contributed by atoms with van der Waals surface area (Å²) >= 11 is 0. The van der Waals surface area contributed by atoms with Gasteiger partial charge in [0.15, 0.2) is 0 Å². The van der Waals surface area contributed by atoms with Crippen molar-refractivity contribution in [1.82, 2.24) is 28.9 Å². The Hall–Kier alpha value is -6.25. The van der Waals surface area contributed by atoms with Crippen molar-refractivity contribution in [2.75, 3.05) is 13.1 Å². The van der Waals surface area contributed by atoms with Crippen molar-refractivity contribution in [2.24, 2.45) is 17.3 Å². The number of ether oxygens (including phenoxy) is 2. The second-order valence-electron chi connectivity index (χ2n) is 21.8. The van der Waals surface area contributed by atoms with E-state index in [4.69, 9.17) is 19.4 Å². The normalized spacial score (nSPS) is 23.0. The second kappa shape index (κ2) is 20.0. The first-order valence-corrected chi connectivity index (χ1v) is 25.9. The molecule has 15 heteroatoms. The molecule has 0 radical (unpaired) electrons. The quantitative estimate of drug-likeness (QED) is 0.143. The maximum absolute atomic E-state index is 14.6. The van der Waals surface area contributed by atoms with Crippen LogP contribution in [0.2, 0.25) is 0 Å². The molecule has 3 fully saturated rings. The first-order valence-electron chi connectivity index (χ1n) is 25.9. The molecule has 10 rings (SSSR count). The summed E-state index contributed by atoms with van der Waals surface area (Å²) < 4.78 is 55.0. The van der Waals surface area contributed by atoms with Crippen molar-refractivity contribution < 1.29 is 32.2 Å². The summed E-state index contributed by atoms with van der Waals surface area (Å²) in [7, 11) is 0. The SMILES string of the molecule is Cc1nc2c(c(=O)n1C(c1ccccc1)c1ccc(C3CC(C(c4ccccc4)n4c(C)nc5c(c4=O)CCN(C(=O)OC4CCC(C(F)(F)F)CC4)C5)C3)cc1)CCN(C(=O)OC1CCC(C)(C)CC1)C2. The number of aromatic nitrogens is 4. The number of hydrogen-bond donors (Lipinski definition) is 0. The molecule has 12 nitrogen and oxygen atoms in total. The van der Waals surface area contributed by atoms with Gasteiger partial charge in [0.1, 0.15) is 23.9 Å². The Balaban J connectivity index is 0.840. The van der Waals surface area contributed by atoms with Crippen molar-refractivity contribution >= 4 is 12.2 Å². The first-order chi connectivity index (χ1) is 34.5. The van der Waals surface area contributed by atoms with Crippen LogP contribution in [0, 0.1) is 31.1 Å². The first kappa shape index (κ1) is 49.3. The number of amides is 2.